The predicted octanol–water partition coefficient (Wildman–Crippen LogP) is 11.9. The molecule has 0 unspecified atom stereocenters. The molecule has 1 aromatic heterocycles. The fraction of sp³-hybridized carbons (Fsp3) is 0.529. The molecule has 0 saturated carbocycles. The van der Waals surface area contributed by atoms with Crippen molar-refractivity contribution in [1.82, 2.24) is 0 Å². The van der Waals surface area contributed by atoms with Crippen molar-refractivity contribution in [2.75, 3.05) is 0 Å². The molecule has 39 heavy (non-hydrogen) atoms. The second-order valence-electron chi connectivity index (χ2n) is 13.2. The van der Waals surface area contributed by atoms with Gasteiger partial charge in [-0.05, 0) is 69.6 Å². The first kappa shape index (κ1) is 31.3. The van der Waals surface area contributed by atoms with Gasteiger partial charge in [-0.2, -0.15) is 0 Å². The van der Waals surface area contributed by atoms with E-state index >= 15 is 0 Å². The van der Waals surface area contributed by atoms with Crippen LogP contribution in [0.5, 0.6) is 0 Å². The van der Waals surface area contributed by atoms with E-state index in [4.69, 9.17) is 13.3 Å². The molecular weight excluding hydrogens is 513 g/mol. The molecule has 0 saturated heterocycles. The van der Waals surface area contributed by atoms with Crippen LogP contribution in [0, 0.1) is 0 Å². The van der Waals surface area contributed by atoms with Crippen LogP contribution in [0.2, 0.25) is 33.2 Å². The van der Waals surface area contributed by atoms with Gasteiger partial charge in [0.05, 0.1) is 0 Å². The fourth-order valence-electron chi connectivity index (χ4n) is 7.38. The van der Waals surface area contributed by atoms with Crippen LogP contribution in [0.25, 0.3) is 33.5 Å². The Morgan fingerprint density at radius 1 is 0.538 bits per heavy atom. The van der Waals surface area contributed by atoms with E-state index in [2.05, 4.69) is 121 Å². The summed E-state index contributed by atoms with van der Waals surface area (Å²) < 4.78 is 20.1. The van der Waals surface area contributed by atoms with Gasteiger partial charge in [0.25, 0.3) is 16.6 Å². The number of hydrogen-bond donors (Lipinski definition) is 0. The van der Waals surface area contributed by atoms with Crippen LogP contribution in [0.3, 0.4) is 0 Å². The lowest BCUT2D eigenvalue weighted by molar-refractivity contribution is 0.445. The van der Waals surface area contributed by atoms with E-state index in [0.29, 0.717) is 33.2 Å². The maximum absolute atomic E-state index is 6.91. The fourth-order valence-corrected chi connectivity index (χ4v) is 17.9. The van der Waals surface area contributed by atoms with Gasteiger partial charge in [0.15, 0.2) is 0 Å². The summed E-state index contributed by atoms with van der Waals surface area (Å²) in [5.41, 5.74) is 6.66. The van der Waals surface area contributed by atoms with E-state index in [0.717, 1.165) is 44.6 Å². The highest BCUT2D eigenvalue weighted by Gasteiger charge is 2.48. The quantitative estimate of drug-likeness (QED) is 0.162. The molecule has 0 N–H and O–H groups in total. The van der Waals surface area contributed by atoms with E-state index in [1.54, 1.807) is 0 Å². The molecule has 0 atom stereocenters. The van der Waals surface area contributed by atoms with Crippen molar-refractivity contribution in [3.05, 3.63) is 60.7 Å². The number of fused-ring (bicyclic) bond motifs is 3. The highest BCUT2D eigenvalue weighted by atomic mass is 28.4. The van der Waals surface area contributed by atoms with Crippen molar-refractivity contribution in [3.8, 4) is 0 Å². The highest BCUT2D eigenvalue weighted by molar-refractivity contribution is 6.78. The lowest BCUT2D eigenvalue weighted by atomic mass is 10.1. The Morgan fingerprint density at radius 2 is 0.821 bits per heavy atom. The molecule has 0 spiro atoms. The van der Waals surface area contributed by atoms with Gasteiger partial charge in [-0.3, -0.25) is 0 Å². The summed E-state index contributed by atoms with van der Waals surface area (Å²) in [4.78, 5) is 0. The summed E-state index contributed by atoms with van der Waals surface area (Å²) in [5.74, 6) is 1.53. The molecule has 0 aliphatic carbocycles. The van der Waals surface area contributed by atoms with Crippen LogP contribution < -0.4 is 0 Å². The molecule has 0 fully saturated rings. The molecule has 0 aliphatic rings. The molecule has 0 aliphatic heterocycles. The van der Waals surface area contributed by atoms with Crippen LogP contribution in [0.4, 0.5) is 0 Å². The lowest BCUT2D eigenvalue weighted by Crippen LogP contribution is -2.47. The van der Waals surface area contributed by atoms with E-state index in [-0.39, 0.29) is 0 Å². The number of hydrogen-bond acceptors (Lipinski definition) is 3. The number of benzene rings is 2. The van der Waals surface area contributed by atoms with Crippen LogP contribution >= 0.6 is 0 Å². The van der Waals surface area contributed by atoms with Crippen LogP contribution in [-0.4, -0.2) is 16.6 Å². The Balaban J connectivity index is 2.04. The third-order valence-corrected chi connectivity index (χ3v) is 21.2. The third kappa shape index (κ3) is 5.54. The van der Waals surface area contributed by atoms with Gasteiger partial charge in [-0.25, -0.2) is 0 Å². The summed E-state index contributed by atoms with van der Waals surface area (Å²) in [5, 5.41) is 2.13. The van der Waals surface area contributed by atoms with Gasteiger partial charge >= 0.3 is 0 Å². The Hall–Kier alpha value is -2.25. The first-order valence-electron chi connectivity index (χ1n) is 14.8. The van der Waals surface area contributed by atoms with Gasteiger partial charge in [0.2, 0.25) is 0 Å². The molecule has 1 heterocycles. The van der Waals surface area contributed by atoms with E-state index in [1.165, 1.54) is 0 Å². The van der Waals surface area contributed by atoms with Crippen LogP contribution in [-0.2, 0) is 8.85 Å². The zero-order valence-electron chi connectivity index (χ0n) is 26.6. The average molecular weight is 565 g/mol. The van der Waals surface area contributed by atoms with Gasteiger partial charge in [0.1, 0.15) is 22.7 Å². The molecule has 3 nitrogen and oxygen atoms in total. The largest absolute Gasteiger partial charge is 0.543 e. The summed E-state index contributed by atoms with van der Waals surface area (Å²) in [6.07, 6.45) is 0. The molecule has 0 radical (unpaired) electrons. The van der Waals surface area contributed by atoms with Gasteiger partial charge < -0.3 is 13.3 Å². The molecule has 0 amide bonds. The Morgan fingerprint density at radius 3 is 1.08 bits per heavy atom. The molecule has 2 aromatic carbocycles. The molecule has 3 aromatic rings. The maximum atomic E-state index is 6.91. The molecule has 5 heteroatoms. The van der Waals surface area contributed by atoms with Crippen LogP contribution in [0.1, 0.15) is 94.2 Å². The van der Waals surface area contributed by atoms with Crippen molar-refractivity contribution in [3.63, 3.8) is 0 Å². The Labute approximate surface area is 239 Å². The van der Waals surface area contributed by atoms with Crippen molar-refractivity contribution < 1.29 is 13.3 Å². The van der Waals surface area contributed by atoms with Crippen molar-refractivity contribution >= 4 is 50.1 Å². The standard InChI is InChI=1S/C34H52O3Si2/c1-21(2)38(22(3)4,23(5)6)36-27(13)29-15-17-33-31(19-29)32-20-30(16-18-34(32)35-33)28(14)37-39(24(7)8,25(9)10)26(11)12/h15-26H,13-14H2,1-12H3. The maximum Gasteiger partial charge on any atom is 0.258 e. The lowest BCUT2D eigenvalue weighted by Gasteiger charge is -2.42. The molecule has 3 rings (SSSR count). The topological polar surface area (TPSA) is 31.6 Å². The summed E-state index contributed by atoms with van der Waals surface area (Å²) in [6.45, 7) is 36.5. The number of furan rings is 1. The zero-order chi connectivity index (χ0) is 29.4. The van der Waals surface area contributed by atoms with Gasteiger partial charge in [0, 0.05) is 21.9 Å². The first-order chi connectivity index (χ1) is 18.1. The minimum Gasteiger partial charge on any atom is -0.543 e. The Bertz CT molecular complexity index is 1180. The van der Waals surface area contributed by atoms with Crippen molar-refractivity contribution in [2.45, 2.75) is 116 Å². The third-order valence-electron chi connectivity index (χ3n) is 9.13. The van der Waals surface area contributed by atoms with Crippen LogP contribution in [0.15, 0.2) is 54.0 Å². The second kappa shape index (κ2) is 11.7. The summed E-state index contributed by atoms with van der Waals surface area (Å²) in [6, 6.07) is 12.6. The SMILES string of the molecule is C=C(O[Si](C(C)C)(C(C)C)C(C)C)c1ccc2oc3ccc(C(=C)O[Si](C(C)C)(C(C)C)C(C)C)cc3c2c1. The molecular formula is C34H52O3Si2. The monoisotopic (exact) mass is 564 g/mol. The molecule has 214 valence electrons. The van der Waals surface area contributed by atoms with E-state index in [1.807, 2.05) is 12.1 Å². The summed E-state index contributed by atoms with van der Waals surface area (Å²) in [7, 11) is -4.20. The van der Waals surface area contributed by atoms with Crippen molar-refractivity contribution in [2.24, 2.45) is 0 Å². The first-order valence-corrected chi connectivity index (χ1v) is 19.1. The normalized spacial score (nSPS) is 13.2. The minimum absolute atomic E-state index is 0.486. The smallest absolute Gasteiger partial charge is 0.258 e. The minimum atomic E-state index is -2.10. The predicted molar refractivity (Wildman–Crippen MR) is 176 cm³/mol. The summed E-state index contributed by atoms with van der Waals surface area (Å²) >= 11 is 0. The highest BCUT2D eigenvalue weighted by Crippen LogP contribution is 2.46. The van der Waals surface area contributed by atoms with E-state index < -0.39 is 16.6 Å². The van der Waals surface area contributed by atoms with Gasteiger partial charge in [-0.1, -0.05) is 96.2 Å². The zero-order valence-corrected chi connectivity index (χ0v) is 28.6. The second-order valence-corrected chi connectivity index (χ2v) is 24.0. The Kier molecular flexibility index (Phi) is 9.38. The van der Waals surface area contributed by atoms with Crippen molar-refractivity contribution in [1.29, 1.82) is 0 Å². The number of rotatable bonds is 12. The average Bonchev–Trinajstić information content (AvgIpc) is 3.21. The van der Waals surface area contributed by atoms with E-state index in [9.17, 15) is 0 Å². The van der Waals surface area contributed by atoms with Gasteiger partial charge in [-0.15, -0.1) is 0 Å². The molecule has 0 bridgehead atoms.